The number of amides is 1. The molecule has 1 aliphatic heterocycles. The van der Waals surface area contributed by atoms with E-state index in [0.29, 0.717) is 5.82 Å². The standard InChI is InChI=1S/C8H12N2O.C7H12N4.C2H6/c9-5-4-8(11)10-6-2-1-3-7-10;1-10-6(4-8)5-2-3-11-7(5)9;1-2/h1-4,6-7H2;2-4,10-11H,8-9H2,1H3;1-2H3/b;6-4+;. The third-order valence-corrected chi connectivity index (χ3v) is 3.44. The number of nitrogens with one attached hydrogen (secondary N) is 2. The summed E-state index contributed by atoms with van der Waals surface area (Å²) in [6.45, 7) is 5.70. The number of rotatable bonds is 3. The van der Waals surface area contributed by atoms with Gasteiger partial charge in [0.25, 0.3) is 0 Å². The molecule has 0 spiro atoms. The molecule has 0 aromatic carbocycles. The highest BCUT2D eigenvalue weighted by Crippen LogP contribution is 2.15. The first-order chi connectivity index (χ1) is 11.6. The molecule has 0 saturated carbocycles. The van der Waals surface area contributed by atoms with Crippen LogP contribution >= 0.6 is 0 Å². The Kier molecular flexibility index (Phi) is 11.5. The van der Waals surface area contributed by atoms with Crippen molar-refractivity contribution in [2.75, 3.05) is 25.9 Å². The van der Waals surface area contributed by atoms with Crippen LogP contribution in [0.25, 0.3) is 5.70 Å². The Morgan fingerprint density at radius 2 is 2.04 bits per heavy atom. The number of nitrogens with two attached hydrogens (primary N) is 2. The Balaban J connectivity index is 0.000000400. The molecule has 0 radical (unpaired) electrons. The van der Waals surface area contributed by atoms with Gasteiger partial charge in [0, 0.05) is 38.1 Å². The number of hydrogen-bond donors (Lipinski definition) is 4. The van der Waals surface area contributed by atoms with Crippen molar-refractivity contribution in [2.45, 2.75) is 39.5 Å². The van der Waals surface area contributed by atoms with Crippen molar-refractivity contribution in [1.29, 1.82) is 5.26 Å². The number of hydrogen-bond acceptors (Lipinski definition) is 5. The fourth-order valence-electron chi connectivity index (χ4n) is 2.25. The highest BCUT2D eigenvalue weighted by Gasteiger charge is 2.15. The molecule has 2 rings (SSSR count). The zero-order chi connectivity index (χ0) is 18.4. The van der Waals surface area contributed by atoms with Gasteiger partial charge >= 0.3 is 0 Å². The summed E-state index contributed by atoms with van der Waals surface area (Å²) in [7, 11) is 1.80. The largest absolute Gasteiger partial charge is 0.403 e. The third-order valence-electron chi connectivity index (χ3n) is 3.44. The Hall–Kier alpha value is -2.62. The lowest BCUT2D eigenvalue weighted by Gasteiger charge is -2.25. The molecule has 0 unspecified atom stereocenters. The Morgan fingerprint density at radius 1 is 1.42 bits per heavy atom. The van der Waals surface area contributed by atoms with E-state index in [1.54, 1.807) is 18.1 Å². The average Bonchev–Trinajstić information content (AvgIpc) is 3.05. The fraction of sp³-hybridized carbons (Fsp3) is 0.529. The van der Waals surface area contributed by atoms with Gasteiger partial charge < -0.3 is 26.7 Å². The van der Waals surface area contributed by atoms with Crippen LogP contribution in [-0.4, -0.2) is 35.9 Å². The summed E-state index contributed by atoms with van der Waals surface area (Å²) in [5, 5.41) is 11.2. The van der Waals surface area contributed by atoms with Crippen LogP contribution in [0, 0.1) is 11.3 Å². The van der Waals surface area contributed by atoms with E-state index in [4.69, 9.17) is 16.7 Å². The maximum atomic E-state index is 11.1. The molecule has 1 saturated heterocycles. The van der Waals surface area contributed by atoms with Crippen LogP contribution < -0.4 is 16.8 Å². The summed E-state index contributed by atoms with van der Waals surface area (Å²) < 4.78 is 0. The van der Waals surface area contributed by atoms with Crippen molar-refractivity contribution in [2.24, 2.45) is 5.73 Å². The lowest BCUT2D eigenvalue weighted by molar-refractivity contribution is -0.130. The van der Waals surface area contributed by atoms with Gasteiger partial charge in [0.1, 0.15) is 12.2 Å². The van der Waals surface area contributed by atoms with E-state index >= 15 is 0 Å². The summed E-state index contributed by atoms with van der Waals surface area (Å²) in [5.41, 5.74) is 12.7. The molecule has 0 aliphatic carbocycles. The molecule has 1 amide bonds. The monoisotopic (exact) mass is 334 g/mol. The zero-order valence-electron chi connectivity index (χ0n) is 14.9. The number of aromatic amines is 1. The molecule has 0 atom stereocenters. The lowest BCUT2D eigenvalue weighted by Crippen LogP contribution is -2.35. The second-order valence-corrected chi connectivity index (χ2v) is 4.91. The van der Waals surface area contributed by atoms with Crippen molar-refractivity contribution in [3.8, 4) is 6.07 Å². The maximum Gasteiger partial charge on any atom is 0.236 e. The van der Waals surface area contributed by atoms with E-state index in [-0.39, 0.29) is 12.3 Å². The molecule has 1 aliphatic rings. The predicted molar refractivity (Wildman–Crippen MR) is 98.4 cm³/mol. The summed E-state index contributed by atoms with van der Waals surface area (Å²) in [6, 6.07) is 3.74. The van der Waals surface area contributed by atoms with Gasteiger partial charge in [0.2, 0.25) is 5.91 Å². The minimum absolute atomic E-state index is 0.00722. The van der Waals surface area contributed by atoms with Crippen LogP contribution in [-0.2, 0) is 4.79 Å². The predicted octanol–water partition coefficient (Wildman–Crippen LogP) is 2.01. The zero-order valence-corrected chi connectivity index (χ0v) is 14.9. The summed E-state index contributed by atoms with van der Waals surface area (Å²) in [5.74, 6) is 0.614. The van der Waals surface area contributed by atoms with E-state index in [1.165, 1.54) is 12.6 Å². The van der Waals surface area contributed by atoms with Crippen molar-refractivity contribution >= 4 is 17.4 Å². The smallest absolute Gasteiger partial charge is 0.236 e. The first-order valence-electron chi connectivity index (χ1n) is 8.31. The third kappa shape index (κ3) is 7.09. The number of nitrogen functional groups attached to an aromatic ring is 1. The minimum Gasteiger partial charge on any atom is -0.403 e. The van der Waals surface area contributed by atoms with Crippen LogP contribution in [0.2, 0.25) is 0 Å². The number of H-pyrrole nitrogens is 1. The topological polar surface area (TPSA) is 124 Å². The number of likely N-dealkylation sites (tertiary alicyclic amines) is 1. The molecule has 2 heterocycles. The van der Waals surface area contributed by atoms with Crippen molar-refractivity contribution in [3.63, 3.8) is 0 Å². The number of aromatic nitrogens is 1. The fourth-order valence-corrected chi connectivity index (χ4v) is 2.25. The quantitative estimate of drug-likeness (QED) is 0.673. The Morgan fingerprint density at radius 3 is 2.46 bits per heavy atom. The number of piperidine rings is 1. The van der Waals surface area contributed by atoms with Crippen molar-refractivity contribution in [3.05, 3.63) is 24.0 Å². The molecule has 1 aromatic heterocycles. The molecule has 6 N–H and O–H groups in total. The van der Waals surface area contributed by atoms with Gasteiger partial charge in [-0.1, -0.05) is 13.8 Å². The Labute approximate surface area is 144 Å². The summed E-state index contributed by atoms with van der Waals surface area (Å²) >= 11 is 0. The van der Waals surface area contributed by atoms with E-state index in [2.05, 4.69) is 10.3 Å². The SMILES string of the molecule is CC.CN/C(=C/N)c1cc[nH]c1N.N#CCC(=O)N1CCCCC1. The number of carbonyl (C=O) groups is 1. The number of anilines is 1. The van der Waals surface area contributed by atoms with E-state index < -0.39 is 0 Å². The highest BCUT2D eigenvalue weighted by molar-refractivity contribution is 5.78. The molecule has 7 heteroatoms. The Bertz CT molecular complexity index is 538. The average molecular weight is 334 g/mol. The van der Waals surface area contributed by atoms with Gasteiger partial charge in [-0.2, -0.15) is 5.26 Å². The molecule has 1 fully saturated rings. The highest BCUT2D eigenvalue weighted by atomic mass is 16.2. The number of nitriles is 1. The van der Waals surface area contributed by atoms with Gasteiger partial charge in [0.15, 0.2) is 0 Å². The minimum atomic E-state index is -0.00722. The normalized spacial score (nSPS) is 13.6. The van der Waals surface area contributed by atoms with Crippen LogP contribution in [0.3, 0.4) is 0 Å². The second kappa shape index (κ2) is 12.9. The maximum absolute atomic E-state index is 11.1. The number of nitrogens with zero attached hydrogens (tertiary/aromatic N) is 2. The van der Waals surface area contributed by atoms with Crippen LogP contribution in [0.4, 0.5) is 5.82 Å². The van der Waals surface area contributed by atoms with E-state index in [0.717, 1.165) is 37.2 Å². The molecular formula is C17H30N6O. The van der Waals surface area contributed by atoms with Gasteiger partial charge in [-0.05, 0) is 25.3 Å². The molecule has 1 aromatic rings. The van der Waals surface area contributed by atoms with Gasteiger partial charge in [0.05, 0.1) is 11.8 Å². The van der Waals surface area contributed by atoms with Gasteiger partial charge in [-0.3, -0.25) is 4.79 Å². The lowest BCUT2D eigenvalue weighted by atomic mass is 10.1. The van der Waals surface area contributed by atoms with Crippen LogP contribution in [0.1, 0.15) is 45.1 Å². The van der Waals surface area contributed by atoms with E-state index in [9.17, 15) is 4.79 Å². The summed E-state index contributed by atoms with van der Waals surface area (Å²) in [6.07, 6.45) is 6.70. The van der Waals surface area contributed by atoms with Crippen molar-refractivity contribution in [1.82, 2.24) is 15.2 Å². The van der Waals surface area contributed by atoms with E-state index in [1.807, 2.05) is 26.0 Å². The van der Waals surface area contributed by atoms with Gasteiger partial charge in [-0.15, -0.1) is 0 Å². The molecule has 24 heavy (non-hydrogen) atoms. The second-order valence-electron chi connectivity index (χ2n) is 4.91. The van der Waals surface area contributed by atoms with Crippen molar-refractivity contribution < 1.29 is 4.79 Å². The van der Waals surface area contributed by atoms with Crippen LogP contribution in [0.15, 0.2) is 18.5 Å². The van der Waals surface area contributed by atoms with Gasteiger partial charge in [-0.25, -0.2) is 0 Å². The first kappa shape index (κ1) is 21.4. The molecule has 0 bridgehead atoms. The summed E-state index contributed by atoms with van der Waals surface area (Å²) in [4.78, 5) is 15.7. The molecular weight excluding hydrogens is 304 g/mol. The number of carbonyl (C=O) groups excluding carboxylic acids is 1. The van der Waals surface area contributed by atoms with Crippen LogP contribution in [0.5, 0.6) is 0 Å². The molecule has 134 valence electrons. The first-order valence-corrected chi connectivity index (χ1v) is 8.31. The molecule has 7 nitrogen and oxygen atoms in total.